The molecule has 14 nitrogen and oxygen atoms in total. The quantitative estimate of drug-likeness (QED) is 0.115. The van der Waals surface area contributed by atoms with E-state index < -0.39 is 120 Å². The monoisotopic (exact) mass is 572 g/mol. The summed E-state index contributed by atoms with van der Waals surface area (Å²) in [5.74, 6) is -5.48. The fourth-order valence-corrected chi connectivity index (χ4v) is 8.78. The Kier molecular flexibility index (Phi) is 6.25. The Hall–Kier alpha value is -1.53. The van der Waals surface area contributed by atoms with Gasteiger partial charge in [-0.05, 0) is 24.8 Å². The molecular weight excluding hydrogens is 536 g/mol. The van der Waals surface area contributed by atoms with E-state index in [0.717, 1.165) is 0 Å². The number of aliphatic hydroxyl groups is 9. The number of hydrogen-bond donors (Lipinski definition) is 9. The minimum absolute atomic E-state index is 0.0583. The molecule has 2 saturated carbocycles. The smallest absolute Gasteiger partial charge is 0.338 e. The number of allylic oxidation sites excluding steroid dienone is 1. The van der Waals surface area contributed by atoms with E-state index in [2.05, 4.69) is 6.58 Å². The number of rotatable bonds is 3. The summed E-state index contributed by atoms with van der Waals surface area (Å²) in [7, 11) is 0. The van der Waals surface area contributed by atoms with Gasteiger partial charge in [0.05, 0.1) is 24.7 Å². The molecule has 3 aliphatic carbocycles. The lowest BCUT2D eigenvalue weighted by Gasteiger charge is -2.69. The van der Waals surface area contributed by atoms with Gasteiger partial charge in [-0.1, -0.05) is 25.2 Å². The van der Waals surface area contributed by atoms with E-state index in [-0.39, 0.29) is 6.42 Å². The maximum Gasteiger partial charge on any atom is 0.338 e. The molecule has 0 aromatic rings. The molecule has 6 aliphatic rings. The number of ether oxygens (including phenoxy) is 4. The molecule has 2 bridgehead atoms. The van der Waals surface area contributed by atoms with Crippen molar-refractivity contribution in [2.24, 2.45) is 22.7 Å². The van der Waals surface area contributed by atoms with Gasteiger partial charge in [0.25, 0.3) is 0 Å². The first kappa shape index (κ1) is 28.6. The molecule has 6 rings (SSSR count). The molecule has 5 fully saturated rings. The van der Waals surface area contributed by atoms with Crippen LogP contribution in [0, 0.1) is 22.7 Å². The number of aliphatic hydroxyl groups excluding tert-OH is 7. The van der Waals surface area contributed by atoms with Crippen molar-refractivity contribution in [3.05, 3.63) is 23.8 Å². The molecule has 0 amide bonds. The molecule has 3 aliphatic heterocycles. The van der Waals surface area contributed by atoms with Crippen LogP contribution >= 0.6 is 0 Å². The van der Waals surface area contributed by atoms with Gasteiger partial charge in [-0.2, -0.15) is 0 Å². The lowest BCUT2D eigenvalue weighted by molar-refractivity contribution is -0.352. The zero-order valence-electron chi connectivity index (χ0n) is 21.9. The van der Waals surface area contributed by atoms with E-state index in [1.54, 1.807) is 19.9 Å². The van der Waals surface area contributed by atoms with Crippen molar-refractivity contribution in [1.82, 2.24) is 0 Å². The van der Waals surface area contributed by atoms with Crippen molar-refractivity contribution in [3.8, 4) is 0 Å². The molecule has 224 valence electrons. The zero-order chi connectivity index (χ0) is 29.3. The Morgan fingerprint density at radius 1 is 1.07 bits per heavy atom. The second-order valence-corrected chi connectivity index (χ2v) is 12.3. The summed E-state index contributed by atoms with van der Waals surface area (Å²) in [6.07, 6.45) is -14.3. The van der Waals surface area contributed by atoms with Crippen LogP contribution in [0.5, 0.6) is 0 Å². The summed E-state index contributed by atoms with van der Waals surface area (Å²) < 4.78 is 22.8. The Bertz CT molecular complexity index is 1140. The molecule has 0 radical (unpaired) electrons. The highest BCUT2D eigenvalue weighted by Gasteiger charge is 2.87. The van der Waals surface area contributed by atoms with Gasteiger partial charge < -0.3 is 64.9 Å². The highest BCUT2D eigenvalue weighted by atomic mass is 16.7. The lowest BCUT2D eigenvalue weighted by Crippen LogP contribution is -2.83. The molecule has 9 N–H and O–H groups in total. The summed E-state index contributed by atoms with van der Waals surface area (Å²) in [6.45, 7) is 5.91. The molecular formula is C26H36O14. The molecule has 3 heterocycles. The third-order valence-corrected chi connectivity index (χ3v) is 10.7. The van der Waals surface area contributed by atoms with Gasteiger partial charge in [-0.3, -0.25) is 0 Å². The number of fused-ring (bicyclic) bond motifs is 1. The summed E-state index contributed by atoms with van der Waals surface area (Å²) in [5, 5.41) is 98.4. The number of carbonyl (C=O) groups excluding carboxylic acids is 1. The predicted octanol–water partition coefficient (Wildman–Crippen LogP) is -4.21. The van der Waals surface area contributed by atoms with Crippen molar-refractivity contribution in [2.75, 3.05) is 13.2 Å². The fourth-order valence-electron chi connectivity index (χ4n) is 8.78. The Morgan fingerprint density at radius 3 is 2.40 bits per heavy atom. The third kappa shape index (κ3) is 3.06. The molecule has 1 spiro atoms. The standard InChI is InChI=1S/C26H36O14/c1-8-4-11(38-21-16(30)15(29)14(28)12(6-27)39-21)18(32)23(3)10(8)5-13-24-7-37-26(36,22(23)24)17(31)9(2)25(24,35)19(33)20(34)40-13/h4,10-19,21-22,27-33,35-36H,2,5-7H2,1,3H3/t10-,11-,12+,13+,14+,15-,16+,17+,18+,19-,21+,22+,23+,24+,25-,26-/m0/s1. The Balaban J connectivity index is 1.45. The van der Waals surface area contributed by atoms with Crippen LogP contribution in [0.1, 0.15) is 20.3 Å². The van der Waals surface area contributed by atoms with Crippen LogP contribution in [0.15, 0.2) is 23.8 Å². The third-order valence-electron chi connectivity index (χ3n) is 10.7. The second kappa shape index (κ2) is 8.75. The van der Waals surface area contributed by atoms with Crippen molar-refractivity contribution in [1.29, 1.82) is 0 Å². The van der Waals surface area contributed by atoms with Crippen molar-refractivity contribution in [2.45, 2.75) is 92.9 Å². The van der Waals surface area contributed by atoms with Gasteiger partial charge in [0.1, 0.15) is 48.3 Å². The molecule has 16 atom stereocenters. The maximum atomic E-state index is 12.7. The highest BCUT2D eigenvalue weighted by Crippen LogP contribution is 2.74. The largest absolute Gasteiger partial charge is 0.460 e. The molecule has 40 heavy (non-hydrogen) atoms. The van der Waals surface area contributed by atoms with Gasteiger partial charge in [-0.15, -0.1) is 0 Å². The number of hydrogen-bond acceptors (Lipinski definition) is 14. The van der Waals surface area contributed by atoms with Crippen molar-refractivity contribution in [3.63, 3.8) is 0 Å². The Morgan fingerprint density at radius 2 is 1.75 bits per heavy atom. The van der Waals surface area contributed by atoms with Crippen LogP contribution in [0.25, 0.3) is 0 Å². The van der Waals surface area contributed by atoms with Gasteiger partial charge in [-0.25, -0.2) is 4.79 Å². The summed E-state index contributed by atoms with van der Waals surface area (Å²) in [6, 6.07) is 0. The van der Waals surface area contributed by atoms with Crippen molar-refractivity contribution >= 4 is 5.97 Å². The van der Waals surface area contributed by atoms with E-state index >= 15 is 0 Å². The van der Waals surface area contributed by atoms with Crippen LogP contribution in [0.2, 0.25) is 0 Å². The minimum atomic E-state index is -2.48. The second-order valence-electron chi connectivity index (χ2n) is 12.3. The first-order valence-corrected chi connectivity index (χ1v) is 13.3. The van der Waals surface area contributed by atoms with E-state index in [9.17, 15) is 50.8 Å². The number of esters is 1. The topological polar surface area (TPSA) is 236 Å². The normalized spacial score (nSPS) is 59.0. The van der Waals surface area contributed by atoms with Gasteiger partial charge in [0, 0.05) is 11.3 Å². The minimum Gasteiger partial charge on any atom is -0.460 e. The first-order valence-electron chi connectivity index (χ1n) is 13.3. The van der Waals surface area contributed by atoms with Gasteiger partial charge >= 0.3 is 5.97 Å². The molecule has 0 aromatic heterocycles. The summed E-state index contributed by atoms with van der Waals surface area (Å²) in [5.41, 5.74) is -5.46. The van der Waals surface area contributed by atoms with Crippen LogP contribution < -0.4 is 0 Å². The SMILES string of the molecule is C=C1[C@@H](O)[C@]2(O)OC[C@]34[C@H]2[C@@]2(C)[C@H](O)[C@@H](O[C@@H]5O[C@H](CO)[C@@H](O)[C@H](O)[C@H]5O)C=C(C)[C@@H]2C[C@H]3OC(=O)[C@H](O)[C@@]14O. The Labute approximate surface area is 228 Å². The molecule has 0 unspecified atom stereocenters. The molecule has 3 saturated heterocycles. The maximum absolute atomic E-state index is 12.7. The summed E-state index contributed by atoms with van der Waals surface area (Å²) in [4.78, 5) is 12.7. The van der Waals surface area contributed by atoms with E-state index in [1.165, 1.54) is 0 Å². The van der Waals surface area contributed by atoms with Gasteiger partial charge in [0.2, 0.25) is 5.79 Å². The molecule has 0 aromatic carbocycles. The van der Waals surface area contributed by atoms with Crippen LogP contribution in [-0.4, -0.2) is 138 Å². The van der Waals surface area contributed by atoms with E-state index in [1.807, 2.05) is 0 Å². The summed E-state index contributed by atoms with van der Waals surface area (Å²) >= 11 is 0. The zero-order valence-corrected chi connectivity index (χ0v) is 21.9. The number of carbonyl (C=O) groups is 1. The average molecular weight is 573 g/mol. The first-order chi connectivity index (χ1) is 18.6. The van der Waals surface area contributed by atoms with Crippen molar-refractivity contribution < 1.29 is 69.7 Å². The molecule has 14 heteroatoms. The van der Waals surface area contributed by atoms with Crippen LogP contribution in [-0.2, 0) is 23.7 Å². The predicted molar refractivity (Wildman–Crippen MR) is 127 cm³/mol. The van der Waals surface area contributed by atoms with Crippen LogP contribution in [0.4, 0.5) is 0 Å². The fraction of sp³-hybridized carbons (Fsp3) is 0.808. The van der Waals surface area contributed by atoms with Gasteiger partial charge in [0.15, 0.2) is 12.4 Å². The van der Waals surface area contributed by atoms with Crippen LogP contribution in [0.3, 0.4) is 0 Å². The lowest BCUT2D eigenvalue weighted by atomic mass is 9.37. The highest BCUT2D eigenvalue weighted by molar-refractivity contribution is 5.79. The average Bonchev–Trinajstić information content (AvgIpc) is 3.24. The van der Waals surface area contributed by atoms with E-state index in [4.69, 9.17) is 18.9 Å². The van der Waals surface area contributed by atoms with E-state index in [0.29, 0.717) is 5.57 Å².